The topological polar surface area (TPSA) is 66.8 Å². The van der Waals surface area contributed by atoms with Crippen molar-refractivity contribution >= 4 is 11.2 Å². The molecule has 2 rings (SSSR count). The summed E-state index contributed by atoms with van der Waals surface area (Å²) in [4.78, 5) is 22.3. The number of nitrogens with one attached hydrogen (secondary N) is 1. The first-order chi connectivity index (χ1) is 6.59. The SMILES string of the molecule is Cc1nc2c(ncn2N(C)C)c(=O)[nH]1. The second kappa shape index (κ2) is 2.83. The maximum absolute atomic E-state index is 11.4. The van der Waals surface area contributed by atoms with Gasteiger partial charge < -0.3 is 9.99 Å². The van der Waals surface area contributed by atoms with Crippen molar-refractivity contribution in [2.24, 2.45) is 0 Å². The number of H-pyrrole nitrogens is 1. The lowest BCUT2D eigenvalue weighted by Gasteiger charge is -2.13. The molecule has 0 saturated heterocycles. The van der Waals surface area contributed by atoms with Gasteiger partial charge in [-0.15, -0.1) is 0 Å². The Morgan fingerprint density at radius 3 is 2.86 bits per heavy atom. The molecule has 0 fully saturated rings. The van der Waals surface area contributed by atoms with Gasteiger partial charge >= 0.3 is 0 Å². The Balaban J connectivity index is 2.85. The largest absolute Gasteiger partial charge is 0.316 e. The van der Waals surface area contributed by atoms with Gasteiger partial charge in [0.1, 0.15) is 12.2 Å². The van der Waals surface area contributed by atoms with Crippen LogP contribution in [0.5, 0.6) is 0 Å². The number of fused-ring (bicyclic) bond motifs is 1. The first kappa shape index (κ1) is 8.74. The van der Waals surface area contributed by atoms with Gasteiger partial charge in [-0.1, -0.05) is 0 Å². The Bertz CT molecular complexity index is 524. The van der Waals surface area contributed by atoms with Gasteiger partial charge in [-0.2, -0.15) is 0 Å². The lowest BCUT2D eigenvalue weighted by Crippen LogP contribution is -2.24. The van der Waals surface area contributed by atoms with Crippen molar-refractivity contribution in [1.29, 1.82) is 0 Å². The molecule has 6 heteroatoms. The fourth-order valence-electron chi connectivity index (χ4n) is 1.30. The highest BCUT2D eigenvalue weighted by Gasteiger charge is 2.08. The summed E-state index contributed by atoms with van der Waals surface area (Å²) in [5, 5.41) is 1.81. The van der Waals surface area contributed by atoms with Crippen LogP contribution in [0.3, 0.4) is 0 Å². The number of aromatic nitrogens is 4. The molecule has 14 heavy (non-hydrogen) atoms. The first-order valence-corrected chi connectivity index (χ1v) is 4.21. The normalized spacial score (nSPS) is 10.8. The van der Waals surface area contributed by atoms with Crippen molar-refractivity contribution in [1.82, 2.24) is 19.6 Å². The van der Waals surface area contributed by atoms with Gasteiger partial charge in [-0.05, 0) is 6.92 Å². The van der Waals surface area contributed by atoms with Crippen molar-refractivity contribution in [3.05, 3.63) is 22.5 Å². The molecular formula is C8H11N5O. The van der Waals surface area contributed by atoms with Gasteiger partial charge in [0, 0.05) is 14.1 Å². The summed E-state index contributed by atoms with van der Waals surface area (Å²) in [6, 6.07) is 0. The van der Waals surface area contributed by atoms with Crippen molar-refractivity contribution in [2.45, 2.75) is 6.92 Å². The van der Waals surface area contributed by atoms with Gasteiger partial charge in [0.05, 0.1) is 0 Å². The number of imidazole rings is 1. The zero-order chi connectivity index (χ0) is 10.3. The first-order valence-electron chi connectivity index (χ1n) is 4.21. The minimum Gasteiger partial charge on any atom is -0.316 e. The fourth-order valence-corrected chi connectivity index (χ4v) is 1.30. The van der Waals surface area contributed by atoms with Crippen LogP contribution in [0.15, 0.2) is 11.1 Å². The van der Waals surface area contributed by atoms with Crippen molar-refractivity contribution < 1.29 is 0 Å². The Kier molecular flexibility index (Phi) is 1.77. The summed E-state index contributed by atoms with van der Waals surface area (Å²) in [5.74, 6) is 0.589. The zero-order valence-corrected chi connectivity index (χ0v) is 8.27. The predicted molar refractivity (Wildman–Crippen MR) is 53.0 cm³/mol. The van der Waals surface area contributed by atoms with E-state index >= 15 is 0 Å². The van der Waals surface area contributed by atoms with Crippen molar-refractivity contribution in [3.63, 3.8) is 0 Å². The molecule has 74 valence electrons. The number of nitrogens with zero attached hydrogens (tertiary/aromatic N) is 4. The van der Waals surface area contributed by atoms with E-state index in [2.05, 4.69) is 15.0 Å². The van der Waals surface area contributed by atoms with Crippen LogP contribution in [-0.2, 0) is 0 Å². The summed E-state index contributed by atoms with van der Waals surface area (Å²) in [5.41, 5.74) is 0.744. The average Bonchev–Trinajstić information content (AvgIpc) is 2.47. The maximum atomic E-state index is 11.4. The maximum Gasteiger partial charge on any atom is 0.279 e. The molecule has 0 atom stereocenters. The second-order valence-electron chi connectivity index (χ2n) is 3.26. The number of hydrogen-bond donors (Lipinski definition) is 1. The van der Waals surface area contributed by atoms with Gasteiger partial charge in [0.2, 0.25) is 0 Å². The molecule has 0 radical (unpaired) electrons. The van der Waals surface area contributed by atoms with E-state index in [1.54, 1.807) is 22.9 Å². The van der Waals surface area contributed by atoms with Crippen molar-refractivity contribution in [3.8, 4) is 0 Å². The monoisotopic (exact) mass is 193 g/mol. The van der Waals surface area contributed by atoms with E-state index in [0.29, 0.717) is 17.0 Å². The van der Waals surface area contributed by atoms with Crippen molar-refractivity contribution in [2.75, 3.05) is 19.1 Å². The second-order valence-corrected chi connectivity index (χ2v) is 3.26. The van der Waals surface area contributed by atoms with Crippen LogP contribution in [0.25, 0.3) is 11.2 Å². The molecule has 2 aromatic rings. The van der Waals surface area contributed by atoms with E-state index in [4.69, 9.17) is 0 Å². The summed E-state index contributed by atoms with van der Waals surface area (Å²) in [7, 11) is 3.72. The molecule has 0 aliphatic carbocycles. The summed E-state index contributed by atoms with van der Waals surface area (Å²) in [6.07, 6.45) is 1.58. The summed E-state index contributed by atoms with van der Waals surface area (Å²) in [6.45, 7) is 1.74. The number of rotatable bonds is 1. The standard InChI is InChI=1S/C8H11N5O/c1-5-10-7-6(8(14)11-5)9-4-13(7)12(2)3/h4H,1-3H3,(H,10,11,14). The summed E-state index contributed by atoms with van der Waals surface area (Å²) >= 11 is 0. The zero-order valence-electron chi connectivity index (χ0n) is 8.27. The molecule has 0 aliphatic rings. The molecule has 0 aromatic carbocycles. The van der Waals surface area contributed by atoms with Crippen LogP contribution < -0.4 is 10.6 Å². The number of aryl methyl sites for hydroxylation is 1. The highest BCUT2D eigenvalue weighted by molar-refractivity contribution is 5.69. The van der Waals surface area contributed by atoms with Crippen LogP contribution in [0.1, 0.15) is 5.82 Å². The van der Waals surface area contributed by atoms with E-state index in [9.17, 15) is 4.79 Å². The third kappa shape index (κ3) is 1.15. The quantitative estimate of drug-likeness (QED) is 0.670. The van der Waals surface area contributed by atoms with Crippen LogP contribution >= 0.6 is 0 Å². The molecular weight excluding hydrogens is 182 g/mol. The lowest BCUT2D eigenvalue weighted by atomic mass is 10.5. The van der Waals surface area contributed by atoms with E-state index in [1.165, 1.54) is 0 Å². The molecule has 1 N–H and O–H groups in total. The summed E-state index contributed by atoms with van der Waals surface area (Å²) < 4.78 is 1.72. The third-order valence-electron chi connectivity index (χ3n) is 1.94. The molecule has 0 spiro atoms. The van der Waals surface area contributed by atoms with Gasteiger partial charge in [-0.25, -0.2) is 14.6 Å². The number of hydrogen-bond acceptors (Lipinski definition) is 4. The minimum absolute atomic E-state index is 0.201. The Hall–Kier alpha value is -1.85. The van der Waals surface area contributed by atoms with E-state index < -0.39 is 0 Å². The molecule has 0 aliphatic heterocycles. The van der Waals surface area contributed by atoms with Gasteiger partial charge in [-0.3, -0.25) is 4.79 Å². The minimum atomic E-state index is -0.201. The lowest BCUT2D eigenvalue weighted by molar-refractivity contribution is 0.743. The predicted octanol–water partition coefficient (Wildman–Crippen LogP) is -0.374. The molecule has 2 aromatic heterocycles. The van der Waals surface area contributed by atoms with Crippen LogP contribution in [0.4, 0.5) is 0 Å². The highest BCUT2D eigenvalue weighted by atomic mass is 16.1. The molecule has 2 heterocycles. The molecule has 0 unspecified atom stereocenters. The highest BCUT2D eigenvalue weighted by Crippen LogP contribution is 2.03. The van der Waals surface area contributed by atoms with Crippen LogP contribution in [0.2, 0.25) is 0 Å². The van der Waals surface area contributed by atoms with Gasteiger partial charge in [0.25, 0.3) is 5.56 Å². The molecule has 6 nitrogen and oxygen atoms in total. The van der Waals surface area contributed by atoms with E-state index in [1.807, 2.05) is 14.1 Å². The van der Waals surface area contributed by atoms with E-state index in [0.717, 1.165) is 0 Å². The van der Waals surface area contributed by atoms with Crippen LogP contribution in [0, 0.1) is 6.92 Å². The fraction of sp³-hybridized carbons (Fsp3) is 0.375. The van der Waals surface area contributed by atoms with Gasteiger partial charge in [0.15, 0.2) is 11.2 Å². The van der Waals surface area contributed by atoms with E-state index in [-0.39, 0.29) is 5.56 Å². The Morgan fingerprint density at radius 2 is 2.21 bits per heavy atom. The molecule has 0 amide bonds. The Labute approximate surface area is 80.2 Å². The Morgan fingerprint density at radius 1 is 1.50 bits per heavy atom. The number of aromatic amines is 1. The molecule has 0 saturated carbocycles. The third-order valence-corrected chi connectivity index (χ3v) is 1.94. The molecule has 0 bridgehead atoms. The smallest absolute Gasteiger partial charge is 0.279 e. The van der Waals surface area contributed by atoms with Crippen LogP contribution in [-0.4, -0.2) is 33.7 Å². The average molecular weight is 193 g/mol.